The van der Waals surface area contributed by atoms with Crippen molar-refractivity contribution < 1.29 is 14.4 Å². The van der Waals surface area contributed by atoms with Crippen molar-refractivity contribution in [2.45, 2.75) is 44.6 Å². The van der Waals surface area contributed by atoms with Crippen LogP contribution in [0.5, 0.6) is 0 Å². The highest BCUT2D eigenvalue weighted by molar-refractivity contribution is 7.17. The summed E-state index contributed by atoms with van der Waals surface area (Å²) in [5.41, 5.74) is 0.892. The molecule has 158 valence electrons. The van der Waals surface area contributed by atoms with Crippen molar-refractivity contribution in [3.8, 4) is 10.6 Å². The third kappa shape index (κ3) is 3.94. The van der Waals surface area contributed by atoms with Crippen molar-refractivity contribution in [1.29, 1.82) is 0 Å². The predicted octanol–water partition coefficient (Wildman–Crippen LogP) is 3.76. The first-order valence-corrected chi connectivity index (χ1v) is 11.2. The van der Waals surface area contributed by atoms with Crippen LogP contribution in [-0.4, -0.2) is 46.4 Å². The lowest BCUT2D eigenvalue weighted by Crippen LogP contribution is -2.44. The molecule has 2 fully saturated rings. The molecule has 2 aromatic rings. The van der Waals surface area contributed by atoms with E-state index in [1.807, 2.05) is 12.1 Å². The molecule has 4 rings (SSSR count). The molecule has 0 atom stereocenters. The van der Waals surface area contributed by atoms with Gasteiger partial charge in [0.1, 0.15) is 15.4 Å². The molecule has 0 unspecified atom stereocenters. The number of amides is 4. The summed E-state index contributed by atoms with van der Waals surface area (Å²) in [6.45, 7) is 2.47. The third-order valence-corrected chi connectivity index (χ3v) is 7.10. The number of nitrogens with zero attached hydrogens (tertiary/aromatic N) is 2. The van der Waals surface area contributed by atoms with Crippen molar-refractivity contribution in [1.82, 2.24) is 20.5 Å². The van der Waals surface area contributed by atoms with Gasteiger partial charge in [0.2, 0.25) is 0 Å². The van der Waals surface area contributed by atoms with Gasteiger partial charge in [-0.1, -0.05) is 36.6 Å². The lowest BCUT2D eigenvalue weighted by atomic mass is 9.98. The number of hydrogen-bond donors (Lipinski definition) is 2. The summed E-state index contributed by atoms with van der Waals surface area (Å²) in [5, 5.41) is 7.15. The molecule has 2 heterocycles. The van der Waals surface area contributed by atoms with Crippen LogP contribution in [0, 0.1) is 6.92 Å². The van der Waals surface area contributed by atoms with E-state index in [0.717, 1.165) is 23.4 Å². The van der Waals surface area contributed by atoms with Crippen molar-refractivity contribution in [2.24, 2.45) is 0 Å². The van der Waals surface area contributed by atoms with Gasteiger partial charge in [0.25, 0.3) is 11.8 Å². The van der Waals surface area contributed by atoms with Crippen molar-refractivity contribution in [2.75, 3.05) is 13.1 Å². The number of carbonyl (C=O) groups is 3. The van der Waals surface area contributed by atoms with E-state index < -0.39 is 5.54 Å². The van der Waals surface area contributed by atoms with Crippen molar-refractivity contribution in [3.05, 3.63) is 39.9 Å². The number of nitrogens with one attached hydrogen (secondary N) is 2. The first-order valence-electron chi connectivity index (χ1n) is 10.1. The molecule has 2 aliphatic rings. The number of thiazole rings is 1. The number of benzene rings is 1. The van der Waals surface area contributed by atoms with Gasteiger partial charge in [-0.2, -0.15) is 0 Å². The van der Waals surface area contributed by atoms with Crippen LogP contribution in [0.2, 0.25) is 5.02 Å². The average molecular weight is 447 g/mol. The molecule has 9 heteroatoms. The quantitative estimate of drug-likeness (QED) is 0.522. The Kier molecular flexibility index (Phi) is 5.79. The average Bonchev–Trinajstić information content (AvgIpc) is 3.40. The highest BCUT2D eigenvalue weighted by Gasteiger charge is 2.51. The van der Waals surface area contributed by atoms with Gasteiger partial charge < -0.3 is 10.6 Å². The zero-order chi connectivity index (χ0) is 21.3. The van der Waals surface area contributed by atoms with Crippen LogP contribution in [0.1, 0.15) is 47.5 Å². The molecule has 1 aromatic carbocycles. The van der Waals surface area contributed by atoms with E-state index in [9.17, 15) is 14.4 Å². The first kappa shape index (κ1) is 20.8. The van der Waals surface area contributed by atoms with Gasteiger partial charge >= 0.3 is 6.03 Å². The van der Waals surface area contributed by atoms with Gasteiger partial charge in [-0.3, -0.25) is 14.5 Å². The Morgan fingerprint density at radius 3 is 2.67 bits per heavy atom. The van der Waals surface area contributed by atoms with E-state index in [-0.39, 0.29) is 17.8 Å². The number of hydrogen-bond acceptors (Lipinski definition) is 5. The topological polar surface area (TPSA) is 91.4 Å². The second kappa shape index (κ2) is 8.35. The molecule has 1 aliphatic heterocycles. The second-order valence-electron chi connectivity index (χ2n) is 7.73. The molecule has 2 N–H and O–H groups in total. The van der Waals surface area contributed by atoms with Gasteiger partial charge in [-0.15, -0.1) is 11.3 Å². The maximum Gasteiger partial charge on any atom is 0.325 e. The predicted molar refractivity (Wildman–Crippen MR) is 116 cm³/mol. The number of rotatable bonds is 6. The Labute approximate surface area is 183 Å². The number of imide groups is 1. The molecule has 1 aromatic heterocycles. The van der Waals surface area contributed by atoms with Crippen molar-refractivity contribution >= 4 is 40.8 Å². The Morgan fingerprint density at radius 1 is 1.27 bits per heavy atom. The van der Waals surface area contributed by atoms with Gasteiger partial charge in [0, 0.05) is 23.7 Å². The number of carbonyl (C=O) groups excluding carboxylic acids is 3. The van der Waals surface area contributed by atoms with Gasteiger partial charge in [-0.05, 0) is 38.3 Å². The maximum atomic E-state index is 12.6. The van der Waals surface area contributed by atoms with E-state index >= 15 is 0 Å². The number of aryl methyl sites for hydroxylation is 1. The van der Waals surface area contributed by atoms with Crippen LogP contribution in [-0.2, 0) is 4.79 Å². The van der Waals surface area contributed by atoms with E-state index in [1.54, 1.807) is 19.1 Å². The van der Waals surface area contributed by atoms with Crippen molar-refractivity contribution in [3.63, 3.8) is 0 Å². The second-order valence-corrected chi connectivity index (χ2v) is 9.16. The lowest BCUT2D eigenvalue weighted by Gasteiger charge is -2.20. The zero-order valence-electron chi connectivity index (χ0n) is 16.7. The van der Waals surface area contributed by atoms with E-state index in [0.29, 0.717) is 47.9 Å². The van der Waals surface area contributed by atoms with E-state index in [2.05, 4.69) is 15.6 Å². The summed E-state index contributed by atoms with van der Waals surface area (Å²) in [6, 6.07) is 7.01. The van der Waals surface area contributed by atoms with Gasteiger partial charge in [0.15, 0.2) is 0 Å². The molecule has 4 amide bonds. The molecule has 7 nitrogen and oxygen atoms in total. The molecule has 1 saturated carbocycles. The smallest absolute Gasteiger partial charge is 0.325 e. The Hall–Kier alpha value is -2.45. The Balaban J connectivity index is 1.31. The van der Waals surface area contributed by atoms with Crippen LogP contribution in [0.15, 0.2) is 24.3 Å². The van der Waals surface area contributed by atoms with Crippen LogP contribution in [0.25, 0.3) is 10.6 Å². The standard InChI is InChI=1S/C21H23ClN4O3S/c1-13-16(30-18(24-13)14-5-7-15(22)8-6-14)17(27)23-11-4-12-26-19(28)21(25-20(26)29)9-2-3-10-21/h5-8H,2-4,9-12H2,1H3,(H,23,27)(H,25,29). The SMILES string of the molecule is Cc1nc(-c2ccc(Cl)cc2)sc1C(=O)NCCCN1C(=O)NC2(CCCC2)C1=O. The fraction of sp³-hybridized carbons (Fsp3) is 0.429. The van der Waals surface area contributed by atoms with Crippen LogP contribution >= 0.6 is 22.9 Å². The molecule has 1 saturated heterocycles. The summed E-state index contributed by atoms with van der Waals surface area (Å²) in [5.74, 6) is -0.322. The third-order valence-electron chi connectivity index (χ3n) is 5.64. The molecule has 0 radical (unpaired) electrons. The number of urea groups is 1. The van der Waals surface area contributed by atoms with Gasteiger partial charge in [-0.25, -0.2) is 9.78 Å². The maximum absolute atomic E-state index is 12.6. The minimum Gasteiger partial charge on any atom is -0.351 e. The molecule has 0 bridgehead atoms. The van der Waals surface area contributed by atoms with E-state index in [4.69, 9.17) is 11.6 Å². The molecular weight excluding hydrogens is 424 g/mol. The molecule has 30 heavy (non-hydrogen) atoms. The van der Waals surface area contributed by atoms with E-state index in [1.165, 1.54) is 16.2 Å². The molecular formula is C21H23ClN4O3S. The summed E-state index contributed by atoms with van der Waals surface area (Å²) in [6.07, 6.45) is 3.85. The fourth-order valence-corrected chi connectivity index (χ4v) is 5.15. The minimum atomic E-state index is -0.682. The largest absolute Gasteiger partial charge is 0.351 e. The van der Waals surface area contributed by atoms with Crippen LogP contribution in [0.4, 0.5) is 4.79 Å². The summed E-state index contributed by atoms with van der Waals surface area (Å²) >= 11 is 7.26. The highest BCUT2D eigenvalue weighted by Crippen LogP contribution is 2.35. The first-order chi connectivity index (χ1) is 14.4. The van der Waals surface area contributed by atoms with Gasteiger partial charge in [0.05, 0.1) is 5.69 Å². The Bertz CT molecular complexity index is 983. The van der Waals surface area contributed by atoms with Crippen LogP contribution in [0.3, 0.4) is 0 Å². The normalized spacial score (nSPS) is 17.6. The minimum absolute atomic E-state index is 0.123. The Morgan fingerprint density at radius 2 is 1.97 bits per heavy atom. The van der Waals surface area contributed by atoms with Crippen LogP contribution < -0.4 is 10.6 Å². The highest BCUT2D eigenvalue weighted by atomic mass is 35.5. The monoisotopic (exact) mass is 446 g/mol. The molecule has 1 spiro atoms. The zero-order valence-corrected chi connectivity index (χ0v) is 18.2. The number of aromatic nitrogens is 1. The number of halogens is 1. The summed E-state index contributed by atoms with van der Waals surface area (Å²) in [4.78, 5) is 43.7. The lowest BCUT2D eigenvalue weighted by molar-refractivity contribution is -0.131. The summed E-state index contributed by atoms with van der Waals surface area (Å²) in [7, 11) is 0. The molecule has 1 aliphatic carbocycles. The summed E-state index contributed by atoms with van der Waals surface area (Å²) < 4.78 is 0. The fourth-order valence-electron chi connectivity index (χ4n) is 4.04.